The van der Waals surface area contributed by atoms with Crippen LogP contribution in [0.4, 0.5) is 11.4 Å². The van der Waals surface area contributed by atoms with Gasteiger partial charge in [-0.3, -0.25) is 0 Å². The first kappa shape index (κ1) is 33.4. The Bertz CT molecular complexity index is 1390. The van der Waals surface area contributed by atoms with E-state index < -0.39 is 0 Å². The van der Waals surface area contributed by atoms with E-state index in [0.29, 0.717) is 0 Å². The average molecular weight is 627 g/mol. The van der Waals surface area contributed by atoms with Crippen molar-refractivity contribution in [3.05, 3.63) is 130 Å². The van der Waals surface area contributed by atoms with Crippen molar-refractivity contribution in [3.8, 4) is 0 Å². The third-order valence-corrected chi connectivity index (χ3v) is 11.9. The summed E-state index contributed by atoms with van der Waals surface area (Å²) in [6, 6.07) is 35.9. The van der Waals surface area contributed by atoms with Crippen molar-refractivity contribution < 1.29 is 0 Å². The number of anilines is 2. The number of unbranched alkanes of at least 4 members (excludes halogenated alkanes) is 2. The SMILES string of the molecule is CCCCCC1CCC(CCC2CCC(c3ccc(Cc4ccc(N)cc4)cc3)(c3ccc(Cc4ccc(N)cc4)cc3)CC2)CC1. The predicted octanol–water partition coefficient (Wildman–Crippen LogP) is 11.7. The van der Waals surface area contributed by atoms with Crippen LogP contribution in [-0.4, -0.2) is 0 Å². The van der Waals surface area contributed by atoms with Gasteiger partial charge in [-0.1, -0.05) is 144 Å². The van der Waals surface area contributed by atoms with Crippen molar-refractivity contribution in [1.82, 2.24) is 0 Å². The summed E-state index contributed by atoms with van der Waals surface area (Å²) in [4.78, 5) is 0. The van der Waals surface area contributed by atoms with Gasteiger partial charge in [-0.2, -0.15) is 0 Å². The molecule has 0 amide bonds. The first-order chi connectivity index (χ1) is 23.0. The van der Waals surface area contributed by atoms with Gasteiger partial charge >= 0.3 is 0 Å². The highest BCUT2D eigenvalue weighted by Crippen LogP contribution is 2.48. The molecule has 47 heavy (non-hydrogen) atoms. The van der Waals surface area contributed by atoms with Gasteiger partial charge < -0.3 is 11.5 Å². The second kappa shape index (κ2) is 16.1. The molecule has 0 saturated heterocycles. The molecule has 2 fully saturated rings. The third-order valence-electron chi connectivity index (χ3n) is 11.9. The van der Waals surface area contributed by atoms with Crippen LogP contribution < -0.4 is 11.5 Å². The lowest BCUT2D eigenvalue weighted by atomic mass is 9.62. The molecule has 6 rings (SSSR count). The number of hydrogen-bond acceptors (Lipinski definition) is 2. The van der Waals surface area contributed by atoms with Crippen molar-refractivity contribution >= 4 is 11.4 Å². The molecule has 0 bridgehead atoms. The third kappa shape index (κ3) is 8.89. The number of benzene rings is 4. The average Bonchev–Trinajstić information content (AvgIpc) is 3.11. The van der Waals surface area contributed by atoms with Crippen LogP contribution in [0, 0.1) is 17.8 Å². The van der Waals surface area contributed by atoms with E-state index >= 15 is 0 Å². The molecule has 248 valence electrons. The summed E-state index contributed by atoms with van der Waals surface area (Å²) in [5, 5.41) is 0. The van der Waals surface area contributed by atoms with Crippen LogP contribution in [0.2, 0.25) is 0 Å². The lowest BCUT2D eigenvalue weighted by Crippen LogP contribution is -2.33. The molecule has 0 spiro atoms. The van der Waals surface area contributed by atoms with E-state index in [0.717, 1.165) is 42.0 Å². The molecule has 4 N–H and O–H groups in total. The van der Waals surface area contributed by atoms with Crippen molar-refractivity contribution in [2.24, 2.45) is 17.8 Å². The minimum absolute atomic E-state index is 0.0898. The summed E-state index contributed by atoms with van der Waals surface area (Å²) in [7, 11) is 0. The largest absolute Gasteiger partial charge is 0.399 e. The van der Waals surface area contributed by atoms with Crippen LogP contribution >= 0.6 is 0 Å². The molecule has 0 atom stereocenters. The summed E-state index contributed by atoms with van der Waals surface area (Å²) in [5.74, 6) is 2.87. The van der Waals surface area contributed by atoms with Crippen LogP contribution in [0.1, 0.15) is 130 Å². The molecule has 0 aliphatic heterocycles. The molecule has 0 heterocycles. The summed E-state index contributed by atoms with van der Waals surface area (Å²) in [6.45, 7) is 2.33. The van der Waals surface area contributed by atoms with E-state index in [2.05, 4.69) is 79.7 Å². The van der Waals surface area contributed by atoms with Gasteiger partial charge in [0.15, 0.2) is 0 Å². The fraction of sp³-hybridized carbons (Fsp3) is 0.467. The molecule has 2 aliphatic carbocycles. The zero-order valence-corrected chi connectivity index (χ0v) is 28.9. The highest BCUT2D eigenvalue weighted by atomic mass is 14.5. The van der Waals surface area contributed by atoms with Gasteiger partial charge in [0.05, 0.1) is 0 Å². The highest BCUT2D eigenvalue weighted by Gasteiger charge is 2.38. The lowest BCUT2D eigenvalue weighted by Gasteiger charge is -2.42. The summed E-state index contributed by atoms with van der Waals surface area (Å²) >= 11 is 0. The zero-order valence-electron chi connectivity index (χ0n) is 28.9. The van der Waals surface area contributed by atoms with Crippen LogP contribution in [0.25, 0.3) is 0 Å². The van der Waals surface area contributed by atoms with Crippen LogP contribution in [0.3, 0.4) is 0 Å². The van der Waals surface area contributed by atoms with Crippen LogP contribution in [-0.2, 0) is 18.3 Å². The molecule has 0 unspecified atom stereocenters. The number of nitrogens with two attached hydrogens (primary N) is 2. The van der Waals surface area contributed by atoms with Crippen LogP contribution in [0.5, 0.6) is 0 Å². The summed E-state index contributed by atoms with van der Waals surface area (Å²) < 4.78 is 0. The molecule has 2 heteroatoms. The Kier molecular flexibility index (Phi) is 11.4. The van der Waals surface area contributed by atoms with E-state index in [4.69, 9.17) is 11.5 Å². The maximum absolute atomic E-state index is 5.93. The van der Waals surface area contributed by atoms with Gasteiger partial charge in [0.1, 0.15) is 0 Å². The van der Waals surface area contributed by atoms with Gasteiger partial charge in [0, 0.05) is 16.8 Å². The van der Waals surface area contributed by atoms with E-state index in [1.54, 1.807) is 0 Å². The van der Waals surface area contributed by atoms with Gasteiger partial charge in [-0.25, -0.2) is 0 Å². The molecular weight excluding hydrogens is 569 g/mol. The number of hydrogen-bond donors (Lipinski definition) is 2. The van der Waals surface area contributed by atoms with E-state index in [1.807, 2.05) is 24.3 Å². The minimum Gasteiger partial charge on any atom is -0.399 e. The second-order valence-corrected chi connectivity index (χ2v) is 15.2. The first-order valence-corrected chi connectivity index (χ1v) is 18.9. The van der Waals surface area contributed by atoms with Crippen molar-refractivity contribution in [2.75, 3.05) is 11.5 Å². The Morgan fingerprint density at radius 2 is 0.830 bits per heavy atom. The Hall–Kier alpha value is -3.52. The molecule has 4 aromatic carbocycles. The number of rotatable bonds is 13. The van der Waals surface area contributed by atoms with Gasteiger partial charge in [0.2, 0.25) is 0 Å². The topological polar surface area (TPSA) is 52.0 Å². The van der Waals surface area contributed by atoms with Crippen molar-refractivity contribution in [1.29, 1.82) is 0 Å². The normalized spacial score (nSPS) is 19.9. The molecule has 2 aliphatic rings. The van der Waals surface area contributed by atoms with E-state index in [1.165, 1.54) is 123 Å². The maximum Gasteiger partial charge on any atom is 0.0314 e. The van der Waals surface area contributed by atoms with Gasteiger partial charge in [-0.15, -0.1) is 0 Å². The smallest absolute Gasteiger partial charge is 0.0314 e. The first-order valence-electron chi connectivity index (χ1n) is 18.9. The summed E-state index contributed by atoms with van der Waals surface area (Å²) in [6.07, 6.45) is 21.6. The molecule has 2 saturated carbocycles. The number of nitrogen functional groups attached to an aromatic ring is 2. The molecule has 0 aromatic heterocycles. The Morgan fingerprint density at radius 3 is 1.23 bits per heavy atom. The van der Waals surface area contributed by atoms with Gasteiger partial charge in [0.25, 0.3) is 0 Å². The van der Waals surface area contributed by atoms with Gasteiger partial charge in [-0.05, 0) is 114 Å². The Labute approximate surface area is 285 Å². The lowest BCUT2D eigenvalue weighted by molar-refractivity contribution is 0.208. The molecule has 4 aromatic rings. The molecule has 0 radical (unpaired) electrons. The standard InChI is InChI=1S/C45H58N2/c1-2-3-4-5-34-6-8-35(9-7-34)10-11-36-28-30-45(31-29-36,41-20-12-37(13-21-41)32-39-16-24-43(46)25-17-39)42-22-14-38(15-23-42)33-40-18-26-44(47)27-19-40/h12-27,34-36H,2-11,28-33,46-47H2,1H3. The fourth-order valence-corrected chi connectivity index (χ4v) is 8.79. The Morgan fingerprint density at radius 1 is 0.468 bits per heavy atom. The predicted molar refractivity (Wildman–Crippen MR) is 202 cm³/mol. The quantitative estimate of drug-likeness (QED) is 0.115. The molecular formula is C45H58N2. The van der Waals surface area contributed by atoms with Crippen LogP contribution in [0.15, 0.2) is 97.1 Å². The van der Waals surface area contributed by atoms with E-state index in [9.17, 15) is 0 Å². The monoisotopic (exact) mass is 626 g/mol. The molecule has 2 nitrogen and oxygen atoms in total. The highest BCUT2D eigenvalue weighted by molar-refractivity contribution is 5.45. The van der Waals surface area contributed by atoms with Crippen molar-refractivity contribution in [2.45, 2.75) is 115 Å². The van der Waals surface area contributed by atoms with Crippen molar-refractivity contribution in [3.63, 3.8) is 0 Å². The second-order valence-electron chi connectivity index (χ2n) is 15.2. The summed E-state index contributed by atoms with van der Waals surface area (Å²) in [5.41, 5.74) is 21.9. The Balaban J connectivity index is 1.12. The zero-order chi connectivity index (χ0) is 32.5. The fourth-order valence-electron chi connectivity index (χ4n) is 8.79. The minimum atomic E-state index is 0.0898. The van der Waals surface area contributed by atoms with E-state index in [-0.39, 0.29) is 5.41 Å². The maximum atomic E-state index is 5.93.